The van der Waals surface area contributed by atoms with Crippen molar-refractivity contribution in [3.8, 4) is 17.0 Å². The SMILES string of the molecule is COc1ccc2c(c1)C(=O)N(CC1(c3cc4nc(-c5cn[nH]c5)ccc4o3)NC(=O)NC1=O)C2. The molecule has 1 unspecified atom stereocenters. The quantitative estimate of drug-likeness (QED) is 0.388. The fourth-order valence-corrected chi connectivity index (χ4v) is 4.42. The highest BCUT2D eigenvalue weighted by Crippen LogP contribution is 2.35. The van der Waals surface area contributed by atoms with Crippen LogP contribution in [-0.2, 0) is 16.9 Å². The second-order valence-electron chi connectivity index (χ2n) is 8.18. The van der Waals surface area contributed by atoms with Crippen molar-refractivity contribution in [2.45, 2.75) is 12.1 Å². The molecule has 0 bridgehead atoms. The molecule has 0 saturated carbocycles. The molecule has 11 heteroatoms. The predicted octanol–water partition coefficient (Wildman–Crippen LogP) is 1.92. The summed E-state index contributed by atoms with van der Waals surface area (Å²) >= 11 is 0. The summed E-state index contributed by atoms with van der Waals surface area (Å²) in [4.78, 5) is 44.5. The number of aromatic amines is 1. The number of H-pyrrole nitrogens is 1. The number of hydrogen-bond donors (Lipinski definition) is 3. The summed E-state index contributed by atoms with van der Waals surface area (Å²) in [5.41, 5.74) is 2.11. The molecule has 3 aromatic heterocycles. The van der Waals surface area contributed by atoms with Gasteiger partial charge in [-0.2, -0.15) is 5.10 Å². The van der Waals surface area contributed by atoms with Crippen LogP contribution in [0.3, 0.4) is 0 Å². The number of carbonyl (C=O) groups is 3. The lowest BCUT2D eigenvalue weighted by atomic mass is 9.95. The molecule has 1 atom stereocenters. The number of urea groups is 1. The minimum Gasteiger partial charge on any atom is -0.497 e. The van der Waals surface area contributed by atoms with Crippen molar-refractivity contribution in [2.75, 3.05) is 13.7 Å². The average molecular weight is 458 g/mol. The van der Waals surface area contributed by atoms with Gasteiger partial charge in [0, 0.05) is 29.9 Å². The molecular weight excluding hydrogens is 440 g/mol. The third kappa shape index (κ3) is 2.94. The lowest BCUT2D eigenvalue weighted by Gasteiger charge is -2.28. The number of nitrogens with zero attached hydrogens (tertiary/aromatic N) is 3. The number of pyridine rings is 1. The molecule has 5 heterocycles. The van der Waals surface area contributed by atoms with Crippen LogP contribution in [0, 0.1) is 0 Å². The summed E-state index contributed by atoms with van der Waals surface area (Å²) in [6, 6.07) is 9.71. The third-order valence-electron chi connectivity index (χ3n) is 6.15. The molecular formula is C23H18N6O5. The molecule has 2 aliphatic rings. The van der Waals surface area contributed by atoms with E-state index in [1.54, 1.807) is 42.7 Å². The highest BCUT2D eigenvalue weighted by molar-refractivity contribution is 6.08. The van der Waals surface area contributed by atoms with Gasteiger partial charge in [0.15, 0.2) is 11.1 Å². The van der Waals surface area contributed by atoms with E-state index >= 15 is 0 Å². The summed E-state index contributed by atoms with van der Waals surface area (Å²) in [5, 5.41) is 11.6. The number of ether oxygens (including phenoxy) is 1. The minimum absolute atomic E-state index is 0.116. The van der Waals surface area contributed by atoms with E-state index in [0.29, 0.717) is 28.1 Å². The van der Waals surface area contributed by atoms with Crippen LogP contribution in [0.15, 0.2) is 53.2 Å². The molecule has 1 fully saturated rings. The largest absolute Gasteiger partial charge is 0.497 e. The Morgan fingerprint density at radius 3 is 2.79 bits per heavy atom. The number of aromatic nitrogens is 3. The zero-order valence-corrected chi connectivity index (χ0v) is 17.9. The number of carbonyl (C=O) groups excluding carboxylic acids is 3. The molecule has 2 aliphatic heterocycles. The van der Waals surface area contributed by atoms with Crippen LogP contribution in [0.2, 0.25) is 0 Å². The van der Waals surface area contributed by atoms with E-state index in [4.69, 9.17) is 9.15 Å². The minimum atomic E-state index is -1.60. The molecule has 6 rings (SSSR count). The van der Waals surface area contributed by atoms with E-state index in [1.165, 1.54) is 12.0 Å². The maximum absolute atomic E-state index is 13.1. The van der Waals surface area contributed by atoms with Crippen molar-refractivity contribution >= 4 is 28.9 Å². The van der Waals surface area contributed by atoms with Gasteiger partial charge in [0.05, 0.1) is 25.5 Å². The first-order valence-electron chi connectivity index (χ1n) is 10.5. The van der Waals surface area contributed by atoms with Gasteiger partial charge >= 0.3 is 6.03 Å². The predicted molar refractivity (Wildman–Crippen MR) is 118 cm³/mol. The van der Waals surface area contributed by atoms with Crippen LogP contribution < -0.4 is 15.4 Å². The molecule has 3 N–H and O–H groups in total. The second kappa shape index (κ2) is 7.17. The molecule has 1 aromatic carbocycles. The third-order valence-corrected chi connectivity index (χ3v) is 6.15. The van der Waals surface area contributed by atoms with Crippen LogP contribution in [0.5, 0.6) is 5.75 Å². The van der Waals surface area contributed by atoms with Gasteiger partial charge < -0.3 is 19.4 Å². The molecule has 11 nitrogen and oxygen atoms in total. The van der Waals surface area contributed by atoms with E-state index in [2.05, 4.69) is 25.8 Å². The number of rotatable bonds is 5. The molecule has 4 amide bonds. The molecule has 4 aromatic rings. The Morgan fingerprint density at radius 2 is 2.06 bits per heavy atom. The average Bonchev–Trinajstić information content (AvgIpc) is 3.61. The molecule has 1 saturated heterocycles. The van der Waals surface area contributed by atoms with Crippen LogP contribution in [0.4, 0.5) is 4.79 Å². The van der Waals surface area contributed by atoms with Crippen LogP contribution in [0.25, 0.3) is 22.4 Å². The topological polar surface area (TPSA) is 142 Å². The van der Waals surface area contributed by atoms with Crippen molar-refractivity contribution in [3.63, 3.8) is 0 Å². The first-order valence-corrected chi connectivity index (χ1v) is 10.5. The van der Waals surface area contributed by atoms with E-state index in [1.807, 2.05) is 6.07 Å². The van der Waals surface area contributed by atoms with Gasteiger partial charge in [0.25, 0.3) is 11.8 Å². The Balaban J connectivity index is 1.39. The summed E-state index contributed by atoms with van der Waals surface area (Å²) in [6.45, 7) is 0.168. The van der Waals surface area contributed by atoms with E-state index < -0.39 is 17.5 Å². The van der Waals surface area contributed by atoms with Crippen LogP contribution >= 0.6 is 0 Å². The Morgan fingerprint density at radius 1 is 1.18 bits per heavy atom. The maximum atomic E-state index is 13.1. The number of imide groups is 1. The Hall–Kier alpha value is -4.67. The van der Waals surface area contributed by atoms with Gasteiger partial charge in [-0.05, 0) is 29.8 Å². The number of furan rings is 1. The van der Waals surface area contributed by atoms with E-state index in [9.17, 15) is 14.4 Å². The van der Waals surface area contributed by atoms with Crippen LogP contribution in [0.1, 0.15) is 21.7 Å². The fraction of sp³-hybridized carbons (Fsp3) is 0.174. The summed E-state index contributed by atoms with van der Waals surface area (Å²) < 4.78 is 11.2. The number of amides is 4. The van der Waals surface area contributed by atoms with Gasteiger partial charge in [-0.1, -0.05) is 6.07 Å². The zero-order chi connectivity index (χ0) is 23.4. The van der Waals surface area contributed by atoms with Crippen LogP contribution in [-0.4, -0.2) is 51.6 Å². The Kier molecular flexibility index (Phi) is 4.21. The number of methoxy groups -OCH3 is 1. The number of fused-ring (bicyclic) bond motifs is 2. The highest BCUT2D eigenvalue weighted by Gasteiger charge is 2.53. The van der Waals surface area contributed by atoms with E-state index in [0.717, 1.165) is 11.1 Å². The fourth-order valence-electron chi connectivity index (χ4n) is 4.42. The smallest absolute Gasteiger partial charge is 0.322 e. The van der Waals surface area contributed by atoms with Gasteiger partial charge in [-0.3, -0.25) is 20.0 Å². The number of hydrogen-bond acceptors (Lipinski definition) is 7. The van der Waals surface area contributed by atoms with Gasteiger partial charge in [-0.15, -0.1) is 0 Å². The van der Waals surface area contributed by atoms with E-state index in [-0.39, 0.29) is 24.8 Å². The highest BCUT2D eigenvalue weighted by atomic mass is 16.5. The normalized spacial score (nSPS) is 19.4. The van der Waals surface area contributed by atoms with Crippen molar-refractivity contribution < 1.29 is 23.5 Å². The number of benzene rings is 1. The molecule has 170 valence electrons. The molecule has 0 spiro atoms. The van der Waals surface area contributed by atoms with Crippen molar-refractivity contribution in [1.82, 2.24) is 30.7 Å². The van der Waals surface area contributed by atoms with Gasteiger partial charge in [-0.25, -0.2) is 9.78 Å². The maximum Gasteiger partial charge on any atom is 0.322 e. The van der Waals surface area contributed by atoms with Crippen molar-refractivity contribution in [2.24, 2.45) is 0 Å². The number of nitrogens with one attached hydrogen (secondary N) is 3. The molecule has 0 radical (unpaired) electrons. The second-order valence-corrected chi connectivity index (χ2v) is 8.18. The lowest BCUT2D eigenvalue weighted by Crippen LogP contribution is -2.52. The summed E-state index contributed by atoms with van der Waals surface area (Å²) in [7, 11) is 1.53. The van der Waals surface area contributed by atoms with Gasteiger partial charge in [0.2, 0.25) is 0 Å². The Labute approximate surface area is 192 Å². The standard InChI is InChI=1S/C23H18N6O5/c1-33-14-3-2-12-10-29(20(30)15(12)6-14)11-23(21(31)27-22(32)28-23)19-7-17-18(34-19)5-4-16(26-17)13-8-24-25-9-13/h2-9H,10-11H2,1H3,(H,24,25)(H2,27,28,31,32). The van der Waals surface area contributed by atoms with Crippen molar-refractivity contribution in [1.29, 1.82) is 0 Å². The molecule has 34 heavy (non-hydrogen) atoms. The van der Waals surface area contributed by atoms with Crippen molar-refractivity contribution in [3.05, 3.63) is 65.7 Å². The summed E-state index contributed by atoms with van der Waals surface area (Å²) in [5.74, 6) is -0.122. The first-order chi connectivity index (χ1) is 16.5. The monoisotopic (exact) mass is 458 g/mol. The Bertz CT molecular complexity index is 1480. The first kappa shape index (κ1) is 20.0. The lowest BCUT2D eigenvalue weighted by molar-refractivity contribution is -0.125. The molecule has 0 aliphatic carbocycles. The summed E-state index contributed by atoms with van der Waals surface area (Å²) in [6.07, 6.45) is 3.36. The zero-order valence-electron chi connectivity index (χ0n) is 17.9. The van der Waals surface area contributed by atoms with Gasteiger partial charge in [0.1, 0.15) is 17.0 Å².